The second-order valence-electron chi connectivity index (χ2n) is 13.5. The number of rotatable bonds is 8. The molecule has 42 heavy (non-hydrogen) atoms. The first kappa shape index (κ1) is 30.3. The first-order chi connectivity index (χ1) is 20.3. The van der Waals surface area contributed by atoms with Crippen molar-refractivity contribution < 1.29 is 14.8 Å². The number of phenolic OH excluding ortho intramolecular Hbond substituents is 2. The summed E-state index contributed by atoms with van der Waals surface area (Å²) in [7, 11) is 0. The first-order valence-corrected chi connectivity index (χ1v) is 16.4. The van der Waals surface area contributed by atoms with E-state index in [9.17, 15) is 10.2 Å². The van der Waals surface area contributed by atoms with E-state index in [4.69, 9.17) is 9.98 Å². The number of para-hydroxylation sites is 1. The van der Waals surface area contributed by atoms with Crippen molar-refractivity contribution in [1.29, 1.82) is 0 Å². The largest absolute Gasteiger partial charge is 0.507 e. The fourth-order valence-electron chi connectivity index (χ4n) is 6.76. The molecule has 6 heteroatoms. The van der Waals surface area contributed by atoms with Crippen LogP contribution in [0.1, 0.15) is 107 Å². The van der Waals surface area contributed by atoms with Crippen LogP contribution in [-0.2, 0) is 11.8 Å². The molecule has 1 aliphatic carbocycles. The summed E-state index contributed by atoms with van der Waals surface area (Å²) in [5, 5.41) is 21.6. The Morgan fingerprint density at radius 2 is 1.60 bits per heavy atom. The lowest BCUT2D eigenvalue weighted by Gasteiger charge is -2.27. The average molecular weight is 572 g/mol. The fraction of sp³-hybridized carbons (Fsp3) is 0.583. The van der Waals surface area contributed by atoms with Gasteiger partial charge in [-0.3, -0.25) is 19.5 Å². The number of aliphatic imine (C=N–C) groups is 2. The number of aromatic hydroxyl groups is 2. The fourth-order valence-corrected chi connectivity index (χ4v) is 6.76. The monoisotopic (exact) mass is 571 g/mol. The summed E-state index contributed by atoms with van der Waals surface area (Å²) < 4.78 is 2.63. The third-order valence-electron chi connectivity index (χ3n) is 9.31. The highest BCUT2D eigenvalue weighted by Gasteiger charge is 2.28. The number of phenols is 2. The van der Waals surface area contributed by atoms with Crippen LogP contribution in [0.25, 0.3) is 0 Å². The quantitative estimate of drug-likeness (QED) is 0.268. The number of aryl methyl sites for hydroxylation is 1. The van der Waals surface area contributed by atoms with Gasteiger partial charge in [-0.25, -0.2) is 0 Å². The van der Waals surface area contributed by atoms with Crippen LogP contribution >= 0.6 is 0 Å². The Morgan fingerprint density at radius 1 is 0.881 bits per heavy atom. The van der Waals surface area contributed by atoms with E-state index in [0.717, 1.165) is 68.3 Å². The Kier molecular flexibility index (Phi) is 10.0. The smallest absolute Gasteiger partial charge is 0.246 e. The maximum Gasteiger partial charge on any atom is 0.246 e. The number of benzene rings is 2. The first-order valence-electron chi connectivity index (χ1n) is 16.4. The van der Waals surface area contributed by atoms with E-state index in [1.54, 1.807) is 18.1 Å². The molecule has 0 bridgehead atoms. The lowest BCUT2D eigenvalue weighted by atomic mass is 9.84. The number of amidine groups is 1. The van der Waals surface area contributed by atoms with E-state index in [1.165, 1.54) is 50.8 Å². The zero-order valence-electron chi connectivity index (χ0n) is 26.1. The van der Waals surface area contributed by atoms with Crippen LogP contribution in [0.3, 0.4) is 0 Å². The van der Waals surface area contributed by atoms with Gasteiger partial charge in [-0.1, -0.05) is 51.8 Å². The molecule has 6 nitrogen and oxygen atoms in total. The third kappa shape index (κ3) is 7.62. The standard InChI is InChI=1S/C36H50N4O2/c1-36(2,3)30-23-27(14-11-20-40-22-12-21-39-19-10-4-5-18-34(39)40)35(42)29(24-30)26-38-32-16-8-7-15-31(32)37-25-28-13-6-9-17-33(28)41/h6,9,13,17,23-26,31-32H,4-5,7-8,10-12,14-16,18-22H2,1-3H3,(H-,37,38,41,42)/p+1. The highest BCUT2D eigenvalue weighted by Crippen LogP contribution is 2.32. The summed E-state index contributed by atoms with van der Waals surface area (Å²) in [6.45, 7) is 11.3. The molecular formula is C36H51N4O2+. The molecule has 0 aromatic heterocycles. The molecular weight excluding hydrogens is 520 g/mol. The maximum absolute atomic E-state index is 11.4. The Hall–Kier alpha value is -3.15. The zero-order valence-corrected chi connectivity index (χ0v) is 26.1. The summed E-state index contributed by atoms with van der Waals surface area (Å²) in [6, 6.07) is 11.8. The molecule has 2 N–H and O–H groups in total. The normalized spacial score (nSPS) is 22.1. The van der Waals surface area contributed by atoms with Crippen molar-refractivity contribution in [1.82, 2.24) is 4.90 Å². The molecule has 2 aliphatic heterocycles. The molecule has 0 radical (unpaired) electrons. The van der Waals surface area contributed by atoms with Gasteiger partial charge in [-0.2, -0.15) is 0 Å². The van der Waals surface area contributed by atoms with Gasteiger partial charge in [-0.15, -0.1) is 0 Å². The lowest BCUT2D eigenvalue weighted by Crippen LogP contribution is -2.44. The Morgan fingerprint density at radius 3 is 2.33 bits per heavy atom. The number of nitrogens with zero attached hydrogens (tertiary/aromatic N) is 4. The van der Waals surface area contributed by atoms with Gasteiger partial charge in [0.25, 0.3) is 0 Å². The summed E-state index contributed by atoms with van der Waals surface area (Å²) in [6.07, 6.45) is 16.2. The highest BCUT2D eigenvalue weighted by molar-refractivity contribution is 5.85. The zero-order chi connectivity index (χ0) is 29.5. The molecule has 3 aliphatic rings. The average Bonchev–Trinajstić information content (AvgIpc) is 3.23. The molecule has 226 valence electrons. The molecule has 1 fully saturated rings. The minimum Gasteiger partial charge on any atom is -0.507 e. The van der Waals surface area contributed by atoms with Crippen molar-refractivity contribution in [3.05, 3.63) is 58.7 Å². The van der Waals surface area contributed by atoms with Crippen LogP contribution in [0.2, 0.25) is 0 Å². The van der Waals surface area contributed by atoms with Crippen LogP contribution in [0.4, 0.5) is 0 Å². The van der Waals surface area contributed by atoms with Crippen LogP contribution in [-0.4, -0.2) is 76.2 Å². The molecule has 0 amide bonds. The van der Waals surface area contributed by atoms with Gasteiger partial charge in [0.1, 0.15) is 11.5 Å². The van der Waals surface area contributed by atoms with E-state index >= 15 is 0 Å². The van der Waals surface area contributed by atoms with Gasteiger partial charge >= 0.3 is 0 Å². The van der Waals surface area contributed by atoms with Gasteiger partial charge in [0, 0.05) is 36.4 Å². The predicted molar refractivity (Wildman–Crippen MR) is 174 cm³/mol. The van der Waals surface area contributed by atoms with Crippen LogP contribution < -0.4 is 0 Å². The number of hydrogen-bond acceptors (Lipinski definition) is 5. The van der Waals surface area contributed by atoms with Crippen molar-refractivity contribution in [3.8, 4) is 11.5 Å². The van der Waals surface area contributed by atoms with Crippen molar-refractivity contribution in [2.24, 2.45) is 9.98 Å². The van der Waals surface area contributed by atoms with Crippen LogP contribution in [0, 0.1) is 0 Å². The SMILES string of the molecule is CC(C)(C)c1cc(C=NC2CCCCC2N=Cc2ccccc2O)c(O)c(CCCN2CCC[N+]3=C2CCCCC3)c1. The summed E-state index contributed by atoms with van der Waals surface area (Å²) in [4.78, 5) is 12.5. The van der Waals surface area contributed by atoms with E-state index in [1.807, 2.05) is 24.4 Å². The van der Waals surface area contributed by atoms with Crippen LogP contribution in [0.15, 0.2) is 46.4 Å². The van der Waals surface area contributed by atoms with E-state index in [0.29, 0.717) is 5.75 Å². The second-order valence-corrected chi connectivity index (χ2v) is 13.5. The van der Waals surface area contributed by atoms with Gasteiger partial charge in [0.2, 0.25) is 5.84 Å². The topological polar surface area (TPSA) is 71.4 Å². The third-order valence-corrected chi connectivity index (χ3v) is 9.31. The van der Waals surface area contributed by atoms with Crippen molar-refractivity contribution >= 4 is 18.3 Å². The van der Waals surface area contributed by atoms with Crippen molar-refractivity contribution in [2.45, 2.75) is 109 Å². The second kappa shape index (κ2) is 13.9. The van der Waals surface area contributed by atoms with Gasteiger partial charge in [0.15, 0.2) is 0 Å². The molecule has 1 saturated carbocycles. The van der Waals surface area contributed by atoms with Crippen molar-refractivity contribution in [3.63, 3.8) is 0 Å². The summed E-state index contributed by atoms with van der Waals surface area (Å²) >= 11 is 0. The highest BCUT2D eigenvalue weighted by atomic mass is 16.3. The summed E-state index contributed by atoms with van der Waals surface area (Å²) in [5.74, 6) is 2.18. The molecule has 0 saturated heterocycles. The predicted octanol–water partition coefficient (Wildman–Crippen LogP) is 6.87. The Labute approximate surface area is 252 Å². The summed E-state index contributed by atoms with van der Waals surface area (Å²) in [5.41, 5.74) is 3.79. The van der Waals surface area contributed by atoms with Gasteiger partial charge in [0.05, 0.1) is 38.3 Å². The van der Waals surface area contributed by atoms with E-state index < -0.39 is 0 Å². The molecule has 2 aromatic rings. The van der Waals surface area contributed by atoms with E-state index in [-0.39, 0.29) is 23.2 Å². The molecule has 2 aromatic carbocycles. The molecule has 0 spiro atoms. The number of hydrogen-bond donors (Lipinski definition) is 2. The van der Waals surface area contributed by atoms with Crippen molar-refractivity contribution in [2.75, 3.05) is 26.2 Å². The van der Waals surface area contributed by atoms with Gasteiger partial charge in [-0.05, 0) is 79.7 Å². The Bertz CT molecular complexity index is 1310. The van der Waals surface area contributed by atoms with E-state index in [2.05, 4.69) is 42.4 Å². The molecule has 2 atom stereocenters. The minimum absolute atomic E-state index is 0.0238. The molecule has 2 heterocycles. The molecule has 5 rings (SSSR count). The maximum atomic E-state index is 11.4. The molecule has 2 unspecified atom stereocenters. The lowest BCUT2D eigenvalue weighted by molar-refractivity contribution is -0.539. The minimum atomic E-state index is -0.0238. The Balaban J connectivity index is 1.31. The van der Waals surface area contributed by atoms with Gasteiger partial charge < -0.3 is 10.2 Å². The van der Waals surface area contributed by atoms with Crippen LogP contribution in [0.5, 0.6) is 11.5 Å².